The molecule has 4 rings (SSSR count). The molecule has 0 unspecified atom stereocenters. The van der Waals surface area contributed by atoms with Gasteiger partial charge in [-0.2, -0.15) is 5.26 Å². The second-order valence-corrected chi connectivity index (χ2v) is 7.85. The summed E-state index contributed by atoms with van der Waals surface area (Å²) in [5, 5.41) is 15.2. The predicted octanol–water partition coefficient (Wildman–Crippen LogP) is 5.47. The Kier molecular flexibility index (Phi) is 6.68. The van der Waals surface area contributed by atoms with E-state index in [1.54, 1.807) is 30.5 Å². The maximum atomic E-state index is 12.0. The average molecular weight is 448 g/mol. The molecule has 0 fully saturated rings. The van der Waals surface area contributed by atoms with E-state index in [2.05, 4.69) is 16.4 Å². The first-order valence-corrected chi connectivity index (χ1v) is 11.1. The molecule has 8 heteroatoms. The van der Waals surface area contributed by atoms with Crippen LogP contribution in [0.25, 0.3) is 16.8 Å². The fraction of sp³-hybridized carbons (Fsp3) is 0.208. The van der Waals surface area contributed by atoms with Crippen molar-refractivity contribution in [3.63, 3.8) is 0 Å². The molecule has 2 heterocycles. The summed E-state index contributed by atoms with van der Waals surface area (Å²) in [7, 11) is 0. The lowest BCUT2D eigenvalue weighted by molar-refractivity contribution is 0.0500. The number of ether oxygens (including phenoxy) is 3. The Hall–Kier alpha value is -3.83. The van der Waals surface area contributed by atoms with Crippen LogP contribution in [-0.2, 0) is 4.74 Å². The summed E-state index contributed by atoms with van der Waals surface area (Å²) in [6, 6.07) is 14.7. The van der Waals surface area contributed by atoms with Crippen molar-refractivity contribution in [2.45, 2.75) is 19.8 Å². The number of unbranched alkanes of at least 4 members (excludes halogenated alkanes) is 1. The van der Waals surface area contributed by atoms with E-state index in [0.717, 1.165) is 29.8 Å². The molecular weight excluding hydrogens is 426 g/mol. The molecule has 2 aromatic carbocycles. The van der Waals surface area contributed by atoms with E-state index < -0.39 is 0 Å². The van der Waals surface area contributed by atoms with Gasteiger partial charge in [0.25, 0.3) is 0 Å². The van der Waals surface area contributed by atoms with Crippen LogP contribution in [0.2, 0.25) is 0 Å². The first-order chi connectivity index (χ1) is 15.7. The minimum Gasteiger partial charge on any atom is -0.462 e. The topological polar surface area (TPSA) is 93.5 Å². The molecule has 1 aromatic heterocycles. The average Bonchev–Trinajstić information content (AvgIpc) is 3.49. The summed E-state index contributed by atoms with van der Waals surface area (Å²) >= 11 is 1.39. The third-order valence-corrected chi connectivity index (χ3v) is 5.63. The van der Waals surface area contributed by atoms with Gasteiger partial charge in [0.15, 0.2) is 11.5 Å². The van der Waals surface area contributed by atoms with Crippen LogP contribution < -0.4 is 14.8 Å². The van der Waals surface area contributed by atoms with E-state index in [4.69, 9.17) is 14.2 Å². The first kappa shape index (κ1) is 21.4. The van der Waals surface area contributed by atoms with E-state index in [0.29, 0.717) is 34.3 Å². The molecule has 0 saturated heterocycles. The number of hydrogen-bond acceptors (Lipinski definition) is 8. The van der Waals surface area contributed by atoms with E-state index in [9.17, 15) is 10.1 Å². The summed E-state index contributed by atoms with van der Waals surface area (Å²) in [5.74, 6) is 1.07. The minimum absolute atomic E-state index is 0.217. The number of nitriles is 1. The molecule has 0 radical (unpaired) electrons. The van der Waals surface area contributed by atoms with Crippen molar-refractivity contribution < 1.29 is 19.0 Å². The third-order valence-electron chi connectivity index (χ3n) is 4.76. The van der Waals surface area contributed by atoms with Crippen LogP contribution in [0.15, 0.2) is 54.0 Å². The highest BCUT2D eigenvalue weighted by molar-refractivity contribution is 7.11. The van der Waals surface area contributed by atoms with Crippen molar-refractivity contribution in [3.05, 3.63) is 64.6 Å². The number of hydrogen-bond donors (Lipinski definition) is 1. The lowest BCUT2D eigenvalue weighted by Crippen LogP contribution is -2.06. The molecule has 1 N–H and O–H groups in total. The van der Waals surface area contributed by atoms with Gasteiger partial charge in [0.2, 0.25) is 6.79 Å². The molecule has 1 aliphatic rings. The van der Waals surface area contributed by atoms with E-state index in [1.165, 1.54) is 11.3 Å². The van der Waals surface area contributed by atoms with Crippen LogP contribution >= 0.6 is 11.3 Å². The molecule has 162 valence electrons. The summed E-state index contributed by atoms with van der Waals surface area (Å²) in [5.41, 5.74) is 3.30. The number of fused-ring (bicyclic) bond motifs is 1. The lowest BCUT2D eigenvalue weighted by atomic mass is 10.1. The number of benzene rings is 2. The van der Waals surface area contributed by atoms with E-state index in [-0.39, 0.29) is 12.8 Å². The highest BCUT2D eigenvalue weighted by atomic mass is 32.1. The summed E-state index contributed by atoms with van der Waals surface area (Å²) in [6.45, 7) is 2.68. The highest BCUT2D eigenvalue weighted by Gasteiger charge is 2.16. The van der Waals surface area contributed by atoms with Crippen molar-refractivity contribution in [3.8, 4) is 28.8 Å². The fourth-order valence-corrected chi connectivity index (χ4v) is 3.77. The van der Waals surface area contributed by atoms with Gasteiger partial charge < -0.3 is 19.5 Å². The number of aromatic nitrogens is 1. The van der Waals surface area contributed by atoms with Crippen LogP contribution in [0.4, 0.5) is 5.69 Å². The lowest BCUT2D eigenvalue weighted by Gasteiger charge is -2.05. The second-order valence-electron chi connectivity index (χ2n) is 6.99. The number of allylic oxidation sites excluding steroid dienone is 1. The molecule has 0 spiro atoms. The van der Waals surface area contributed by atoms with Crippen molar-refractivity contribution in [2.24, 2.45) is 0 Å². The van der Waals surface area contributed by atoms with Crippen LogP contribution in [0, 0.1) is 11.3 Å². The molecule has 0 amide bonds. The maximum absolute atomic E-state index is 12.0. The van der Waals surface area contributed by atoms with Crippen molar-refractivity contribution in [1.29, 1.82) is 5.26 Å². The van der Waals surface area contributed by atoms with Gasteiger partial charge >= 0.3 is 5.97 Å². The summed E-state index contributed by atoms with van der Waals surface area (Å²) < 4.78 is 16.0. The summed E-state index contributed by atoms with van der Waals surface area (Å²) in [6.07, 6.45) is 3.43. The zero-order chi connectivity index (χ0) is 22.3. The number of carbonyl (C=O) groups is 1. The van der Waals surface area contributed by atoms with Crippen LogP contribution in [0.1, 0.15) is 35.1 Å². The number of anilines is 1. The van der Waals surface area contributed by atoms with Crippen LogP contribution in [0.3, 0.4) is 0 Å². The van der Waals surface area contributed by atoms with E-state index in [1.807, 2.05) is 30.5 Å². The molecule has 0 bridgehead atoms. The number of rotatable bonds is 8. The smallest absolute Gasteiger partial charge is 0.338 e. The Labute approximate surface area is 189 Å². The van der Waals surface area contributed by atoms with Crippen molar-refractivity contribution >= 4 is 28.6 Å². The Morgan fingerprint density at radius 3 is 2.84 bits per heavy atom. The Morgan fingerprint density at radius 1 is 1.25 bits per heavy atom. The monoisotopic (exact) mass is 447 g/mol. The van der Waals surface area contributed by atoms with Crippen molar-refractivity contribution in [1.82, 2.24) is 4.98 Å². The van der Waals surface area contributed by atoms with E-state index >= 15 is 0 Å². The molecule has 0 aliphatic carbocycles. The molecule has 32 heavy (non-hydrogen) atoms. The number of esters is 1. The molecular formula is C24H21N3O4S. The maximum Gasteiger partial charge on any atom is 0.338 e. The number of thiazole rings is 1. The molecule has 1 aliphatic heterocycles. The minimum atomic E-state index is -0.336. The fourth-order valence-electron chi connectivity index (χ4n) is 2.98. The molecule has 0 saturated carbocycles. The van der Waals surface area contributed by atoms with Gasteiger partial charge in [-0.3, -0.25) is 0 Å². The largest absolute Gasteiger partial charge is 0.462 e. The van der Waals surface area contributed by atoms with Gasteiger partial charge in [-0.25, -0.2) is 9.78 Å². The van der Waals surface area contributed by atoms with Gasteiger partial charge in [0.05, 0.1) is 17.9 Å². The zero-order valence-electron chi connectivity index (χ0n) is 17.5. The third kappa shape index (κ3) is 4.90. The Balaban J connectivity index is 1.43. The predicted molar refractivity (Wildman–Crippen MR) is 123 cm³/mol. The Morgan fingerprint density at radius 2 is 2.06 bits per heavy atom. The van der Waals surface area contributed by atoms with Gasteiger partial charge in [0.1, 0.15) is 16.6 Å². The quantitative estimate of drug-likeness (QED) is 0.278. The molecule has 0 atom stereocenters. The number of nitrogens with one attached hydrogen (secondary N) is 1. The van der Waals surface area contributed by atoms with Crippen LogP contribution in [0.5, 0.6) is 11.5 Å². The SMILES string of the molecule is CCCCOC(=O)c1ccc(NC=C(C#N)c2nc(-c3ccc4c(c3)OCO4)cs2)cc1. The number of nitrogens with zero attached hydrogens (tertiary/aromatic N) is 2. The van der Waals surface area contributed by atoms with Gasteiger partial charge in [-0.15, -0.1) is 11.3 Å². The Bertz CT molecular complexity index is 1180. The first-order valence-electron chi connectivity index (χ1n) is 10.2. The highest BCUT2D eigenvalue weighted by Crippen LogP contribution is 2.36. The van der Waals surface area contributed by atoms with Gasteiger partial charge in [0, 0.05) is 22.8 Å². The standard InChI is InChI=1S/C24H21N3O4S/c1-2-3-10-29-24(28)16-4-7-19(8-5-16)26-13-18(12-25)23-27-20(14-32-23)17-6-9-21-22(11-17)31-15-30-21/h4-9,11,13-14,26H,2-3,10,15H2,1H3. The molecule has 3 aromatic rings. The molecule has 7 nitrogen and oxygen atoms in total. The van der Waals surface area contributed by atoms with Gasteiger partial charge in [-0.05, 0) is 48.9 Å². The number of carbonyl (C=O) groups excluding carboxylic acids is 1. The zero-order valence-corrected chi connectivity index (χ0v) is 18.3. The van der Waals surface area contributed by atoms with Gasteiger partial charge in [-0.1, -0.05) is 13.3 Å². The summed E-state index contributed by atoms with van der Waals surface area (Å²) in [4.78, 5) is 16.6. The normalized spacial score (nSPS) is 12.3. The van der Waals surface area contributed by atoms with Crippen molar-refractivity contribution in [2.75, 3.05) is 18.7 Å². The second kappa shape index (κ2) is 9.98. The van der Waals surface area contributed by atoms with Crippen LogP contribution in [-0.4, -0.2) is 24.4 Å².